The predicted octanol–water partition coefficient (Wildman–Crippen LogP) is 2.69. The lowest BCUT2D eigenvalue weighted by Crippen LogP contribution is -2.69. The topological polar surface area (TPSA) is 147 Å². The molecule has 5 fully saturated rings. The predicted molar refractivity (Wildman–Crippen MR) is 142 cm³/mol. The summed E-state index contributed by atoms with van der Waals surface area (Å²) in [5.41, 5.74) is -2.28. The summed E-state index contributed by atoms with van der Waals surface area (Å²) in [5.74, 6) is -0.319. The Morgan fingerprint density at radius 1 is 1.10 bits per heavy atom. The molecule has 0 aromatic carbocycles. The van der Waals surface area contributed by atoms with Crippen LogP contribution in [0.15, 0.2) is 16.8 Å². The lowest BCUT2D eigenvalue weighted by Gasteiger charge is -2.65. The van der Waals surface area contributed by atoms with E-state index < -0.39 is 40.5 Å². The highest BCUT2D eigenvalue weighted by atomic mass is 16.7. The van der Waals surface area contributed by atoms with Crippen molar-refractivity contribution in [2.75, 3.05) is 13.7 Å². The first-order chi connectivity index (χ1) is 19.0. The number of carbonyl (C=O) groups excluding carboxylic acids is 1. The molecule has 6 rings (SSSR count). The van der Waals surface area contributed by atoms with Crippen molar-refractivity contribution >= 4 is 12.2 Å². The Kier molecular flexibility index (Phi) is 7.15. The highest BCUT2D eigenvalue weighted by Crippen LogP contribution is 2.70. The van der Waals surface area contributed by atoms with Crippen molar-refractivity contribution in [3.05, 3.63) is 11.6 Å². The summed E-state index contributed by atoms with van der Waals surface area (Å²) >= 11 is 0. The van der Waals surface area contributed by atoms with Crippen LogP contribution in [0, 0.1) is 28.6 Å². The summed E-state index contributed by atoms with van der Waals surface area (Å²) in [6.45, 7) is 4.27. The number of esters is 1. The summed E-state index contributed by atoms with van der Waals surface area (Å²) in [7, 11) is 1.57. The molecule has 40 heavy (non-hydrogen) atoms. The van der Waals surface area contributed by atoms with Gasteiger partial charge >= 0.3 is 5.97 Å². The molecule has 4 saturated carbocycles. The third-order valence-corrected chi connectivity index (χ3v) is 12.2. The molecule has 6 aliphatic rings. The van der Waals surface area contributed by atoms with Crippen molar-refractivity contribution in [3.63, 3.8) is 0 Å². The van der Waals surface area contributed by atoms with Crippen LogP contribution in [-0.2, 0) is 23.7 Å². The van der Waals surface area contributed by atoms with E-state index in [-0.39, 0.29) is 35.9 Å². The number of nitrogens with zero attached hydrogens (tertiary/aromatic N) is 1. The molecule has 224 valence electrons. The van der Waals surface area contributed by atoms with Gasteiger partial charge in [0.15, 0.2) is 6.29 Å². The van der Waals surface area contributed by atoms with Gasteiger partial charge in [0.2, 0.25) is 0 Å². The molecule has 1 saturated heterocycles. The minimum absolute atomic E-state index is 0.0469. The summed E-state index contributed by atoms with van der Waals surface area (Å²) in [4.78, 5) is 11.8. The van der Waals surface area contributed by atoms with Crippen LogP contribution < -0.4 is 0 Å². The molecular weight excluding hydrogens is 518 g/mol. The van der Waals surface area contributed by atoms with Crippen molar-refractivity contribution in [1.82, 2.24) is 0 Å². The van der Waals surface area contributed by atoms with E-state index in [0.29, 0.717) is 51.6 Å². The average molecular weight is 564 g/mol. The van der Waals surface area contributed by atoms with Crippen molar-refractivity contribution in [3.8, 4) is 0 Å². The van der Waals surface area contributed by atoms with Gasteiger partial charge in [-0.1, -0.05) is 6.92 Å². The van der Waals surface area contributed by atoms with E-state index in [0.717, 1.165) is 24.8 Å². The van der Waals surface area contributed by atoms with Gasteiger partial charge in [0, 0.05) is 36.9 Å². The van der Waals surface area contributed by atoms with E-state index in [1.54, 1.807) is 26.3 Å². The number of aliphatic hydroxyl groups excluding tert-OH is 1. The number of oxime groups is 1. The smallest absolute Gasteiger partial charge is 0.331 e. The van der Waals surface area contributed by atoms with Gasteiger partial charge in [-0.2, -0.15) is 0 Å². The van der Waals surface area contributed by atoms with Gasteiger partial charge < -0.3 is 39.5 Å². The zero-order chi connectivity index (χ0) is 28.5. The zero-order valence-corrected chi connectivity index (χ0v) is 23.8. The van der Waals surface area contributed by atoms with Gasteiger partial charge in [0.05, 0.1) is 35.7 Å². The van der Waals surface area contributed by atoms with E-state index in [1.165, 1.54) is 0 Å². The third kappa shape index (κ3) is 4.04. The minimum Gasteiger partial charge on any atom is -0.458 e. The fourth-order valence-corrected chi connectivity index (χ4v) is 10.1. The SMILES string of the molecule is CO[C@@H]1C[C@H](O[C@@H]2CC[C@]3(/C=N\O)[C@H]4CC[C@]5(C)[C@H](C6=CC(=O)OC6)CC[C@]5(O)[C@@H]4CC[C@]3(O)C2)O[C@H](C)[C@@H]1O. The van der Waals surface area contributed by atoms with Gasteiger partial charge in [-0.05, 0) is 81.6 Å². The van der Waals surface area contributed by atoms with Crippen LogP contribution in [-0.4, -0.2) is 88.3 Å². The van der Waals surface area contributed by atoms with Crippen LogP contribution in [0.2, 0.25) is 0 Å². The summed E-state index contributed by atoms with van der Waals surface area (Å²) in [5, 5.41) is 48.5. The number of ether oxygens (including phenoxy) is 4. The van der Waals surface area contributed by atoms with E-state index in [9.17, 15) is 25.3 Å². The molecule has 0 unspecified atom stereocenters. The number of carbonyl (C=O) groups is 1. The first-order valence-electron chi connectivity index (χ1n) is 15.0. The maximum absolute atomic E-state index is 12.5. The Bertz CT molecular complexity index is 1070. The Morgan fingerprint density at radius 2 is 1.88 bits per heavy atom. The van der Waals surface area contributed by atoms with Crippen molar-refractivity contribution < 1.29 is 44.3 Å². The van der Waals surface area contributed by atoms with Crippen LogP contribution in [0.1, 0.15) is 78.1 Å². The van der Waals surface area contributed by atoms with Gasteiger partial charge in [0.1, 0.15) is 12.7 Å². The van der Waals surface area contributed by atoms with Crippen LogP contribution >= 0.6 is 0 Å². The van der Waals surface area contributed by atoms with E-state index >= 15 is 0 Å². The second-order valence-corrected chi connectivity index (χ2v) is 13.6. The molecule has 0 aromatic rings. The normalized spacial score (nSPS) is 52.5. The van der Waals surface area contributed by atoms with Crippen LogP contribution in [0.5, 0.6) is 0 Å². The molecule has 0 spiro atoms. The van der Waals surface area contributed by atoms with E-state index in [2.05, 4.69) is 12.1 Å². The third-order valence-electron chi connectivity index (χ3n) is 12.2. The number of methoxy groups -OCH3 is 1. The molecule has 4 aliphatic carbocycles. The molecule has 2 aliphatic heterocycles. The number of aliphatic hydroxyl groups is 3. The Labute approximate surface area is 235 Å². The highest BCUT2D eigenvalue weighted by molar-refractivity contribution is 5.85. The largest absolute Gasteiger partial charge is 0.458 e. The second-order valence-electron chi connectivity index (χ2n) is 13.6. The number of hydrogen-bond donors (Lipinski definition) is 4. The monoisotopic (exact) mass is 563 g/mol. The van der Waals surface area contributed by atoms with Crippen molar-refractivity contribution in [1.29, 1.82) is 0 Å². The lowest BCUT2D eigenvalue weighted by molar-refractivity contribution is -0.284. The molecule has 0 amide bonds. The molecule has 0 bridgehead atoms. The standard InChI is InChI=1S/C30H45NO9/c1-17-26(33)23(37-3)13-25(39-17)40-19-4-9-28(16-31-36)21-5-8-27(2)20(18-12-24(32)38-15-18)7-11-30(27,35)22(21)6-10-29(28,34)14-19/h12,16-17,19-23,25-26,33-36H,4-11,13-15H2,1-3H3/b31-16-/t17-,19-,20+,21+,22-,23-,25+,26+,27-,28+,29+,30+/m1/s1. The molecule has 4 N–H and O–H groups in total. The molecule has 10 heteroatoms. The summed E-state index contributed by atoms with van der Waals surface area (Å²) < 4.78 is 23.0. The van der Waals surface area contributed by atoms with Crippen LogP contribution in [0.3, 0.4) is 0 Å². The Balaban J connectivity index is 1.23. The first kappa shape index (κ1) is 28.6. The molecular formula is C30H45NO9. The molecule has 2 heterocycles. The maximum atomic E-state index is 12.5. The zero-order valence-electron chi connectivity index (χ0n) is 23.8. The molecule has 12 atom stereocenters. The van der Waals surface area contributed by atoms with E-state index in [1.807, 2.05) is 0 Å². The number of rotatable bonds is 5. The number of cyclic esters (lactones) is 1. The first-order valence-corrected chi connectivity index (χ1v) is 15.0. The summed E-state index contributed by atoms with van der Waals surface area (Å²) in [6.07, 6.45) is 6.96. The number of fused-ring (bicyclic) bond motifs is 5. The quantitative estimate of drug-likeness (QED) is 0.130. The lowest BCUT2D eigenvalue weighted by atomic mass is 9.41. The highest BCUT2D eigenvalue weighted by Gasteiger charge is 2.71. The minimum atomic E-state index is -1.15. The Morgan fingerprint density at radius 3 is 2.58 bits per heavy atom. The fourth-order valence-electron chi connectivity index (χ4n) is 10.1. The Hall–Kier alpha value is -1.56. The van der Waals surface area contributed by atoms with Gasteiger partial charge in [-0.15, -0.1) is 5.16 Å². The van der Waals surface area contributed by atoms with Crippen molar-refractivity contribution in [2.45, 2.75) is 120 Å². The number of hydrogen-bond acceptors (Lipinski definition) is 10. The van der Waals surface area contributed by atoms with Crippen LogP contribution in [0.25, 0.3) is 0 Å². The van der Waals surface area contributed by atoms with Gasteiger partial charge in [-0.25, -0.2) is 4.79 Å². The van der Waals surface area contributed by atoms with Gasteiger partial charge in [-0.3, -0.25) is 0 Å². The fraction of sp³-hybridized carbons (Fsp3) is 0.867. The van der Waals surface area contributed by atoms with Gasteiger partial charge in [0.25, 0.3) is 0 Å². The molecule has 0 radical (unpaired) electrons. The average Bonchev–Trinajstić information content (AvgIpc) is 3.46. The summed E-state index contributed by atoms with van der Waals surface area (Å²) in [6, 6.07) is 0. The van der Waals surface area contributed by atoms with Crippen molar-refractivity contribution in [2.24, 2.45) is 33.7 Å². The van der Waals surface area contributed by atoms with Crippen LogP contribution in [0.4, 0.5) is 0 Å². The maximum Gasteiger partial charge on any atom is 0.331 e. The second kappa shape index (κ2) is 10.0. The van der Waals surface area contributed by atoms with E-state index in [4.69, 9.17) is 18.9 Å². The molecule has 10 nitrogen and oxygen atoms in total. The molecule has 0 aromatic heterocycles.